The topological polar surface area (TPSA) is 17.0 Å². The normalized spacial score (nSPS) is 10.8. The Bertz CT molecular complexity index is 698. The molecule has 3 rings (SSSR count). The minimum Gasteiger partial charge on any atom is -0.381 e. The van der Waals surface area contributed by atoms with E-state index in [1.54, 1.807) is 0 Å². The van der Waals surface area contributed by atoms with Gasteiger partial charge in [0.2, 0.25) is 0 Å². The zero-order valence-corrected chi connectivity index (χ0v) is 11.5. The molecule has 1 aromatic heterocycles. The molecule has 0 bridgehead atoms. The summed E-state index contributed by atoms with van der Waals surface area (Å²) in [6, 6.07) is 16.2. The zero-order chi connectivity index (χ0) is 13.2. The van der Waals surface area contributed by atoms with Crippen LogP contribution in [0.15, 0.2) is 54.7 Å². The van der Waals surface area contributed by atoms with Gasteiger partial charge in [-0.1, -0.05) is 29.8 Å². The van der Waals surface area contributed by atoms with Crippen LogP contribution in [0.5, 0.6) is 0 Å². The van der Waals surface area contributed by atoms with Crippen molar-refractivity contribution in [2.75, 3.05) is 5.32 Å². The summed E-state index contributed by atoms with van der Waals surface area (Å²) in [5.41, 5.74) is 3.64. The van der Waals surface area contributed by atoms with Crippen molar-refractivity contribution in [2.45, 2.75) is 6.54 Å². The fraction of sp³-hybridized carbons (Fsp3) is 0.125. The largest absolute Gasteiger partial charge is 0.381 e. The second kappa shape index (κ2) is 4.98. The molecule has 19 heavy (non-hydrogen) atoms. The van der Waals surface area contributed by atoms with Crippen molar-refractivity contribution in [3.63, 3.8) is 0 Å². The predicted molar refractivity (Wildman–Crippen MR) is 81.7 cm³/mol. The van der Waals surface area contributed by atoms with E-state index in [1.165, 1.54) is 16.5 Å². The van der Waals surface area contributed by atoms with Crippen molar-refractivity contribution in [1.29, 1.82) is 0 Å². The highest BCUT2D eigenvalue weighted by molar-refractivity contribution is 6.30. The van der Waals surface area contributed by atoms with E-state index in [-0.39, 0.29) is 0 Å². The number of hydrogen-bond acceptors (Lipinski definition) is 1. The Kier molecular flexibility index (Phi) is 3.18. The molecule has 0 unspecified atom stereocenters. The van der Waals surface area contributed by atoms with Gasteiger partial charge in [-0.25, -0.2) is 0 Å². The molecule has 0 aliphatic heterocycles. The van der Waals surface area contributed by atoms with Gasteiger partial charge in [-0.15, -0.1) is 0 Å². The smallest absolute Gasteiger partial charge is 0.0481 e. The summed E-state index contributed by atoms with van der Waals surface area (Å²) >= 11 is 5.88. The maximum Gasteiger partial charge on any atom is 0.0481 e. The Morgan fingerprint density at radius 2 is 1.79 bits per heavy atom. The Morgan fingerprint density at radius 1 is 1.05 bits per heavy atom. The molecule has 0 aliphatic rings. The average molecular weight is 271 g/mol. The van der Waals surface area contributed by atoms with Gasteiger partial charge in [0.15, 0.2) is 0 Å². The molecule has 2 aromatic carbocycles. The Morgan fingerprint density at radius 3 is 2.58 bits per heavy atom. The van der Waals surface area contributed by atoms with E-state index in [1.807, 2.05) is 24.3 Å². The van der Waals surface area contributed by atoms with Crippen LogP contribution in [0.1, 0.15) is 5.56 Å². The van der Waals surface area contributed by atoms with Crippen molar-refractivity contribution in [1.82, 2.24) is 4.57 Å². The van der Waals surface area contributed by atoms with E-state index >= 15 is 0 Å². The van der Waals surface area contributed by atoms with E-state index in [9.17, 15) is 0 Å². The number of aromatic nitrogens is 1. The zero-order valence-electron chi connectivity index (χ0n) is 10.7. The summed E-state index contributed by atoms with van der Waals surface area (Å²) in [4.78, 5) is 0. The van der Waals surface area contributed by atoms with Crippen LogP contribution in [0.3, 0.4) is 0 Å². The van der Waals surface area contributed by atoms with E-state index in [4.69, 9.17) is 11.6 Å². The van der Waals surface area contributed by atoms with Crippen LogP contribution in [0, 0.1) is 0 Å². The van der Waals surface area contributed by atoms with Crippen molar-refractivity contribution >= 4 is 28.2 Å². The van der Waals surface area contributed by atoms with Crippen molar-refractivity contribution in [2.24, 2.45) is 7.05 Å². The number of anilines is 1. The molecular formula is C16H15ClN2. The fourth-order valence-electron chi connectivity index (χ4n) is 2.33. The van der Waals surface area contributed by atoms with Gasteiger partial charge in [0, 0.05) is 41.4 Å². The molecule has 96 valence electrons. The predicted octanol–water partition coefficient (Wildman–Crippen LogP) is 4.44. The highest BCUT2D eigenvalue weighted by Crippen LogP contribution is 2.21. The Labute approximate surface area is 117 Å². The van der Waals surface area contributed by atoms with Crippen LogP contribution in [0.2, 0.25) is 5.02 Å². The van der Waals surface area contributed by atoms with E-state index in [0.29, 0.717) is 0 Å². The van der Waals surface area contributed by atoms with E-state index < -0.39 is 0 Å². The van der Waals surface area contributed by atoms with Crippen LogP contribution in [0.4, 0.5) is 5.69 Å². The van der Waals surface area contributed by atoms with Gasteiger partial charge in [0.25, 0.3) is 0 Å². The van der Waals surface area contributed by atoms with Crippen LogP contribution in [0.25, 0.3) is 10.9 Å². The monoisotopic (exact) mass is 270 g/mol. The van der Waals surface area contributed by atoms with Gasteiger partial charge in [-0.2, -0.15) is 0 Å². The number of hydrogen-bond donors (Lipinski definition) is 1. The summed E-state index contributed by atoms with van der Waals surface area (Å²) in [5.74, 6) is 0. The van der Waals surface area contributed by atoms with Gasteiger partial charge < -0.3 is 9.88 Å². The maximum atomic E-state index is 5.88. The molecule has 3 aromatic rings. The summed E-state index contributed by atoms with van der Waals surface area (Å²) in [5, 5.41) is 5.48. The number of benzene rings is 2. The standard InChI is InChI=1S/C16H15ClN2/c1-19-11-12(15-4-2-3-5-16(15)19)10-18-14-8-6-13(17)7-9-14/h2-9,11,18H,10H2,1H3. The van der Waals surface area contributed by atoms with Crippen LogP contribution >= 0.6 is 11.6 Å². The summed E-state index contributed by atoms with van der Waals surface area (Å²) in [6.07, 6.45) is 2.17. The number of aryl methyl sites for hydroxylation is 1. The first kappa shape index (κ1) is 12.1. The molecule has 0 saturated heterocycles. The maximum absolute atomic E-state index is 5.88. The van der Waals surface area contributed by atoms with Crippen molar-refractivity contribution in [3.8, 4) is 0 Å². The number of para-hydroxylation sites is 1. The lowest BCUT2D eigenvalue weighted by Crippen LogP contribution is -1.98. The molecule has 0 fully saturated rings. The minimum atomic E-state index is 0.760. The third-order valence-electron chi connectivity index (χ3n) is 3.31. The van der Waals surface area contributed by atoms with Crippen LogP contribution in [-0.2, 0) is 13.6 Å². The number of fused-ring (bicyclic) bond motifs is 1. The van der Waals surface area contributed by atoms with Gasteiger partial charge in [-0.05, 0) is 35.9 Å². The lowest BCUT2D eigenvalue weighted by Gasteiger charge is -2.05. The van der Waals surface area contributed by atoms with Crippen LogP contribution in [-0.4, -0.2) is 4.57 Å². The number of nitrogens with zero attached hydrogens (tertiary/aromatic N) is 1. The van der Waals surface area contributed by atoms with Crippen molar-refractivity contribution in [3.05, 3.63) is 65.3 Å². The summed E-state index contributed by atoms with van der Waals surface area (Å²) in [7, 11) is 2.08. The van der Waals surface area contributed by atoms with Crippen molar-refractivity contribution < 1.29 is 0 Å². The van der Waals surface area contributed by atoms with E-state index in [2.05, 4.69) is 47.4 Å². The first-order valence-electron chi connectivity index (χ1n) is 6.26. The molecule has 0 atom stereocenters. The average Bonchev–Trinajstić information content (AvgIpc) is 2.76. The fourth-order valence-corrected chi connectivity index (χ4v) is 2.46. The summed E-state index contributed by atoms with van der Waals surface area (Å²) in [6.45, 7) is 0.809. The lowest BCUT2D eigenvalue weighted by atomic mass is 10.2. The third-order valence-corrected chi connectivity index (χ3v) is 3.56. The molecule has 0 spiro atoms. The summed E-state index contributed by atoms with van der Waals surface area (Å²) < 4.78 is 2.16. The highest BCUT2D eigenvalue weighted by atomic mass is 35.5. The minimum absolute atomic E-state index is 0.760. The molecule has 1 N–H and O–H groups in total. The number of halogens is 1. The molecule has 1 heterocycles. The molecule has 3 heteroatoms. The van der Waals surface area contributed by atoms with Gasteiger partial charge >= 0.3 is 0 Å². The number of rotatable bonds is 3. The second-order valence-electron chi connectivity index (χ2n) is 4.64. The third kappa shape index (κ3) is 2.45. The molecular weight excluding hydrogens is 256 g/mol. The Hall–Kier alpha value is -1.93. The highest BCUT2D eigenvalue weighted by Gasteiger charge is 2.05. The first-order chi connectivity index (χ1) is 9.24. The SMILES string of the molecule is Cn1cc(CNc2ccc(Cl)cc2)c2ccccc21. The van der Waals surface area contributed by atoms with Gasteiger partial charge in [-0.3, -0.25) is 0 Å². The van der Waals surface area contributed by atoms with Gasteiger partial charge in [0.05, 0.1) is 0 Å². The Balaban J connectivity index is 1.84. The first-order valence-corrected chi connectivity index (χ1v) is 6.64. The molecule has 2 nitrogen and oxygen atoms in total. The molecule has 0 amide bonds. The quantitative estimate of drug-likeness (QED) is 0.744. The van der Waals surface area contributed by atoms with Crippen LogP contribution < -0.4 is 5.32 Å². The number of nitrogens with one attached hydrogen (secondary N) is 1. The molecule has 0 radical (unpaired) electrons. The molecule has 0 saturated carbocycles. The van der Waals surface area contributed by atoms with Gasteiger partial charge in [0.1, 0.15) is 0 Å². The second-order valence-corrected chi connectivity index (χ2v) is 5.08. The lowest BCUT2D eigenvalue weighted by molar-refractivity contribution is 0.956. The van der Waals surface area contributed by atoms with E-state index in [0.717, 1.165) is 17.3 Å². The molecule has 0 aliphatic carbocycles.